The Balaban J connectivity index is 2.26. The second-order valence-electron chi connectivity index (χ2n) is 4.79. The SMILES string of the molecule is N#CC1=C(N)Oc2n[nH]c(C(F)(F)F)c2C1c1ccc(Br)cc1. The number of hydrogen-bond donors (Lipinski definition) is 2. The van der Waals surface area contributed by atoms with E-state index in [9.17, 15) is 18.4 Å². The number of aromatic nitrogens is 2. The smallest absolute Gasteiger partial charge is 0.420 e. The van der Waals surface area contributed by atoms with Gasteiger partial charge in [-0.1, -0.05) is 28.1 Å². The number of aromatic amines is 1. The summed E-state index contributed by atoms with van der Waals surface area (Å²) in [7, 11) is 0. The molecule has 1 aromatic heterocycles. The Hall–Kier alpha value is -2.47. The molecule has 0 fully saturated rings. The topological polar surface area (TPSA) is 87.7 Å². The Morgan fingerprint density at radius 1 is 1.30 bits per heavy atom. The highest BCUT2D eigenvalue weighted by Gasteiger charge is 2.44. The summed E-state index contributed by atoms with van der Waals surface area (Å²) in [6.07, 6.45) is -4.66. The fourth-order valence-electron chi connectivity index (χ4n) is 2.45. The van der Waals surface area contributed by atoms with E-state index in [0.717, 1.165) is 4.47 Å². The van der Waals surface area contributed by atoms with E-state index in [1.54, 1.807) is 24.3 Å². The van der Waals surface area contributed by atoms with Crippen molar-refractivity contribution in [1.29, 1.82) is 5.26 Å². The van der Waals surface area contributed by atoms with Crippen LogP contribution in [0.5, 0.6) is 5.88 Å². The zero-order valence-corrected chi connectivity index (χ0v) is 12.9. The number of nitrogens with two attached hydrogens (primary N) is 1. The molecule has 0 radical (unpaired) electrons. The van der Waals surface area contributed by atoms with Crippen LogP contribution in [0.25, 0.3) is 0 Å². The monoisotopic (exact) mass is 384 g/mol. The first kappa shape index (κ1) is 15.4. The van der Waals surface area contributed by atoms with Crippen LogP contribution in [0.15, 0.2) is 40.2 Å². The van der Waals surface area contributed by atoms with Crippen molar-refractivity contribution in [3.05, 3.63) is 57.0 Å². The molecule has 1 aromatic carbocycles. The van der Waals surface area contributed by atoms with Gasteiger partial charge in [-0.2, -0.15) is 18.4 Å². The molecule has 3 N–H and O–H groups in total. The molecule has 3 rings (SSSR count). The Labute approximate surface area is 136 Å². The van der Waals surface area contributed by atoms with Crippen molar-refractivity contribution in [2.24, 2.45) is 5.73 Å². The van der Waals surface area contributed by atoms with E-state index >= 15 is 0 Å². The molecule has 0 saturated heterocycles. The molecule has 5 nitrogen and oxygen atoms in total. The minimum atomic E-state index is -4.66. The third-order valence-corrected chi connectivity index (χ3v) is 3.95. The van der Waals surface area contributed by atoms with Crippen molar-refractivity contribution in [1.82, 2.24) is 10.2 Å². The lowest BCUT2D eigenvalue weighted by Gasteiger charge is -2.24. The average Bonchev–Trinajstić information content (AvgIpc) is 2.90. The molecular weight excluding hydrogens is 377 g/mol. The molecule has 0 amide bonds. The third-order valence-electron chi connectivity index (χ3n) is 3.43. The normalized spacial score (nSPS) is 17.4. The molecule has 9 heteroatoms. The van der Waals surface area contributed by atoms with E-state index in [1.165, 1.54) is 0 Å². The summed E-state index contributed by atoms with van der Waals surface area (Å²) in [5.74, 6) is -1.54. The van der Waals surface area contributed by atoms with Gasteiger partial charge in [0, 0.05) is 4.47 Å². The Morgan fingerprint density at radius 3 is 2.52 bits per heavy atom. The third kappa shape index (κ3) is 2.55. The molecule has 0 spiro atoms. The number of benzene rings is 1. The number of nitrogens with zero attached hydrogens (tertiary/aromatic N) is 2. The van der Waals surface area contributed by atoms with Gasteiger partial charge in [-0.15, -0.1) is 5.10 Å². The summed E-state index contributed by atoms with van der Waals surface area (Å²) in [5, 5.41) is 14.8. The summed E-state index contributed by atoms with van der Waals surface area (Å²) in [5.41, 5.74) is 4.76. The van der Waals surface area contributed by atoms with Crippen molar-refractivity contribution >= 4 is 15.9 Å². The van der Waals surface area contributed by atoms with E-state index in [2.05, 4.69) is 21.0 Å². The van der Waals surface area contributed by atoms with Crippen LogP contribution in [-0.4, -0.2) is 10.2 Å². The number of alkyl halides is 3. The highest BCUT2D eigenvalue weighted by Crippen LogP contribution is 2.46. The minimum absolute atomic E-state index is 0.0910. The number of H-pyrrole nitrogens is 1. The van der Waals surface area contributed by atoms with Crippen LogP contribution in [0.2, 0.25) is 0 Å². The van der Waals surface area contributed by atoms with Gasteiger partial charge in [0.25, 0.3) is 0 Å². The van der Waals surface area contributed by atoms with Crippen LogP contribution in [0.3, 0.4) is 0 Å². The second kappa shape index (κ2) is 5.31. The predicted octanol–water partition coefficient (Wildman–Crippen LogP) is 3.41. The van der Waals surface area contributed by atoms with Gasteiger partial charge in [-0.05, 0) is 17.7 Å². The lowest BCUT2D eigenvalue weighted by molar-refractivity contribution is -0.141. The number of fused-ring (bicyclic) bond motifs is 1. The number of allylic oxidation sites excluding steroid dienone is 1. The van der Waals surface area contributed by atoms with Crippen LogP contribution in [0.1, 0.15) is 22.7 Å². The van der Waals surface area contributed by atoms with E-state index in [1.807, 2.05) is 11.2 Å². The van der Waals surface area contributed by atoms with Gasteiger partial charge in [0.15, 0.2) is 0 Å². The molecule has 1 aliphatic heterocycles. The maximum absolute atomic E-state index is 13.2. The van der Waals surface area contributed by atoms with Crippen molar-refractivity contribution < 1.29 is 17.9 Å². The lowest BCUT2D eigenvalue weighted by atomic mass is 9.84. The van der Waals surface area contributed by atoms with Crippen molar-refractivity contribution in [3.63, 3.8) is 0 Å². The molecule has 1 aliphatic rings. The van der Waals surface area contributed by atoms with E-state index in [-0.39, 0.29) is 22.9 Å². The van der Waals surface area contributed by atoms with Gasteiger partial charge >= 0.3 is 6.18 Å². The molecule has 1 atom stereocenters. The van der Waals surface area contributed by atoms with Gasteiger partial charge in [0.2, 0.25) is 11.8 Å². The zero-order chi connectivity index (χ0) is 16.8. The highest BCUT2D eigenvalue weighted by atomic mass is 79.9. The number of ether oxygens (including phenoxy) is 1. The first-order valence-corrected chi connectivity index (χ1v) is 7.10. The Bertz CT molecular complexity index is 833. The number of nitrogens with one attached hydrogen (secondary N) is 1. The standard InChI is InChI=1S/C14H8BrF3N4O/c15-7-3-1-6(2-4-7)9-8(5-19)12(20)23-13-10(9)11(21-22-13)14(16,17)18/h1-4,9H,20H2,(H,21,22). The average molecular weight is 385 g/mol. The molecule has 1 unspecified atom stereocenters. The van der Waals surface area contributed by atoms with Gasteiger partial charge in [0.05, 0.1) is 11.5 Å². The molecule has 2 heterocycles. The Kier molecular flexibility index (Phi) is 3.56. The quantitative estimate of drug-likeness (QED) is 0.788. The van der Waals surface area contributed by atoms with Crippen molar-refractivity contribution in [3.8, 4) is 11.9 Å². The summed E-state index contributed by atoms with van der Waals surface area (Å²) >= 11 is 3.26. The van der Waals surface area contributed by atoms with Crippen LogP contribution < -0.4 is 10.5 Å². The van der Waals surface area contributed by atoms with E-state index in [0.29, 0.717) is 5.56 Å². The maximum Gasteiger partial charge on any atom is 0.433 e. The zero-order valence-electron chi connectivity index (χ0n) is 11.3. The fourth-order valence-corrected chi connectivity index (χ4v) is 2.71. The minimum Gasteiger partial charge on any atom is -0.420 e. The molecule has 23 heavy (non-hydrogen) atoms. The molecule has 0 aliphatic carbocycles. The number of nitriles is 1. The van der Waals surface area contributed by atoms with Gasteiger partial charge in [0.1, 0.15) is 17.3 Å². The van der Waals surface area contributed by atoms with Gasteiger partial charge in [-0.3, -0.25) is 5.10 Å². The lowest BCUT2D eigenvalue weighted by Crippen LogP contribution is -2.22. The van der Waals surface area contributed by atoms with Gasteiger partial charge in [-0.25, -0.2) is 0 Å². The second-order valence-corrected chi connectivity index (χ2v) is 5.71. The largest absolute Gasteiger partial charge is 0.433 e. The fraction of sp³-hybridized carbons (Fsp3) is 0.143. The number of halogens is 4. The summed E-state index contributed by atoms with van der Waals surface area (Å²) in [4.78, 5) is 0. The van der Waals surface area contributed by atoms with E-state index < -0.39 is 17.8 Å². The number of hydrogen-bond acceptors (Lipinski definition) is 4. The highest BCUT2D eigenvalue weighted by molar-refractivity contribution is 9.10. The molecule has 118 valence electrons. The summed E-state index contributed by atoms with van der Waals surface area (Å²) in [6, 6.07) is 8.40. The van der Waals surface area contributed by atoms with E-state index in [4.69, 9.17) is 10.5 Å². The van der Waals surface area contributed by atoms with Crippen LogP contribution in [0, 0.1) is 11.3 Å². The number of rotatable bonds is 1. The van der Waals surface area contributed by atoms with Crippen LogP contribution in [-0.2, 0) is 6.18 Å². The first-order chi connectivity index (χ1) is 10.8. The van der Waals surface area contributed by atoms with Crippen LogP contribution in [0.4, 0.5) is 13.2 Å². The molecule has 0 bridgehead atoms. The van der Waals surface area contributed by atoms with Crippen molar-refractivity contribution in [2.75, 3.05) is 0 Å². The molecular formula is C14H8BrF3N4O. The van der Waals surface area contributed by atoms with Crippen molar-refractivity contribution in [2.45, 2.75) is 12.1 Å². The van der Waals surface area contributed by atoms with Crippen LogP contribution >= 0.6 is 15.9 Å². The van der Waals surface area contributed by atoms with Gasteiger partial charge < -0.3 is 10.5 Å². The first-order valence-electron chi connectivity index (χ1n) is 6.31. The summed E-state index contributed by atoms with van der Waals surface area (Å²) < 4.78 is 45.5. The molecule has 0 saturated carbocycles. The molecule has 2 aromatic rings. The summed E-state index contributed by atoms with van der Waals surface area (Å²) in [6.45, 7) is 0. The Morgan fingerprint density at radius 2 is 1.96 bits per heavy atom. The maximum atomic E-state index is 13.2. The predicted molar refractivity (Wildman–Crippen MR) is 77.0 cm³/mol.